The van der Waals surface area contributed by atoms with Crippen molar-refractivity contribution in [2.45, 2.75) is 51.1 Å². The second-order valence-electron chi connectivity index (χ2n) is 8.76. The molecule has 4 amide bonds. The quantitative estimate of drug-likeness (QED) is 0.747. The number of carbonyl (C=O) groups is 3. The van der Waals surface area contributed by atoms with Crippen molar-refractivity contribution >= 4 is 23.5 Å². The fraction of sp³-hybridized carbons (Fsp3) is 0.591. The van der Waals surface area contributed by atoms with Gasteiger partial charge in [0.2, 0.25) is 5.91 Å². The molecule has 0 spiro atoms. The summed E-state index contributed by atoms with van der Waals surface area (Å²) in [6, 6.07) is 7.85. The molecule has 1 atom stereocenters. The normalized spacial score (nSPS) is 24.6. The van der Waals surface area contributed by atoms with Crippen LogP contribution in [0.25, 0.3) is 0 Å². The molecule has 7 heteroatoms. The van der Waals surface area contributed by atoms with Crippen molar-refractivity contribution in [3.8, 4) is 0 Å². The maximum Gasteiger partial charge on any atom is 0.325 e. The molecule has 2 heterocycles. The number of carbonyl (C=O) groups excluding carboxylic acids is 3. The van der Waals surface area contributed by atoms with Gasteiger partial charge in [0.05, 0.1) is 0 Å². The maximum atomic E-state index is 12.7. The van der Waals surface area contributed by atoms with E-state index in [1.54, 1.807) is 18.9 Å². The zero-order chi connectivity index (χ0) is 20.6. The first kappa shape index (κ1) is 19.7. The minimum absolute atomic E-state index is 0.190. The SMILES string of the molecule is CN(Cc1ccc(N2CCCCC2)cc1)C(=O)CN1C(=O)N[C@@](C)(C2CC2)C1=O. The molecular weight excluding hydrogens is 368 g/mol. The molecule has 0 unspecified atom stereocenters. The molecule has 3 aliphatic rings. The van der Waals surface area contributed by atoms with Crippen LogP contribution >= 0.6 is 0 Å². The number of nitrogens with zero attached hydrogens (tertiary/aromatic N) is 3. The van der Waals surface area contributed by atoms with E-state index in [1.807, 2.05) is 12.1 Å². The van der Waals surface area contributed by atoms with Crippen LogP contribution in [0.5, 0.6) is 0 Å². The Morgan fingerprint density at radius 3 is 2.41 bits per heavy atom. The van der Waals surface area contributed by atoms with E-state index in [1.165, 1.54) is 24.9 Å². The third kappa shape index (κ3) is 3.95. The Balaban J connectivity index is 1.33. The Hall–Kier alpha value is -2.57. The lowest BCUT2D eigenvalue weighted by atomic mass is 9.96. The predicted molar refractivity (Wildman–Crippen MR) is 110 cm³/mol. The molecule has 0 radical (unpaired) electrons. The average Bonchev–Trinajstić information content (AvgIpc) is 3.55. The summed E-state index contributed by atoms with van der Waals surface area (Å²) in [6.07, 6.45) is 5.66. The average molecular weight is 399 g/mol. The Morgan fingerprint density at radius 2 is 1.79 bits per heavy atom. The Morgan fingerprint density at radius 1 is 1.14 bits per heavy atom. The molecule has 1 saturated carbocycles. The molecule has 29 heavy (non-hydrogen) atoms. The van der Waals surface area contributed by atoms with Gasteiger partial charge in [0, 0.05) is 32.4 Å². The fourth-order valence-corrected chi connectivity index (χ4v) is 4.38. The van der Waals surface area contributed by atoms with E-state index in [2.05, 4.69) is 22.3 Å². The topological polar surface area (TPSA) is 73.0 Å². The summed E-state index contributed by atoms with van der Waals surface area (Å²) < 4.78 is 0. The molecule has 1 aromatic rings. The molecule has 0 bridgehead atoms. The summed E-state index contributed by atoms with van der Waals surface area (Å²) in [5, 5.41) is 2.79. The van der Waals surface area contributed by atoms with E-state index in [0.717, 1.165) is 36.4 Å². The zero-order valence-corrected chi connectivity index (χ0v) is 17.3. The second kappa shape index (κ2) is 7.69. The number of likely N-dealkylation sites (N-methyl/N-ethyl adjacent to an activating group) is 1. The molecule has 4 rings (SSSR count). The van der Waals surface area contributed by atoms with Crippen LogP contribution in [0, 0.1) is 5.92 Å². The molecule has 1 N–H and O–H groups in total. The first-order chi connectivity index (χ1) is 13.9. The molecule has 3 fully saturated rings. The molecule has 1 aliphatic carbocycles. The predicted octanol–water partition coefficient (Wildman–Crippen LogP) is 2.36. The molecule has 2 saturated heterocycles. The lowest BCUT2D eigenvalue weighted by Crippen LogP contribution is -2.47. The highest BCUT2D eigenvalue weighted by Gasteiger charge is 2.56. The number of anilines is 1. The van der Waals surface area contributed by atoms with E-state index in [9.17, 15) is 14.4 Å². The number of urea groups is 1. The van der Waals surface area contributed by atoms with Crippen LogP contribution in [0.4, 0.5) is 10.5 Å². The molecule has 1 aromatic carbocycles. The number of piperidine rings is 1. The molecule has 7 nitrogen and oxygen atoms in total. The van der Waals surface area contributed by atoms with Gasteiger partial charge in [-0.1, -0.05) is 12.1 Å². The smallest absolute Gasteiger partial charge is 0.325 e. The summed E-state index contributed by atoms with van der Waals surface area (Å²) in [4.78, 5) is 42.6. The van der Waals surface area contributed by atoms with Crippen molar-refractivity contribution in [1.29, 1.82) is 0 Å². The van der Waals surface area contributed by atoms with Crippen LogP contribution in [0.15, 0.2) is 24.3 Å². The highest BCUT2D eigenvalue weighted by Crippen LogP contribution is 2.42. The summed E-state index contributed by atoms with van der Waals surface area (Å²) in [5.41, 5.74) is 1.41. The molecule has 156 valence electrons. The third-order valence-corrected chi connectivity index (χ3v) is 6.49. The van der Waals surface area contributed by atoms with Crippen LogP contribution < -0.4 is 10.2 Å². The monoisotopic (exact) mass is 398 g/mol. The van der Waals surface area contributed by atoms with E-state index < -0.39 is 11.6 Å². The largest absolute Gasteiger partial charge is 0.372 e. The highest BCUT2D eigenvalue weighted by molar-refractivity contribution is 6.09. The fourth-order valence-electron chi connectivity index (χ4n) is 4.38. The van der Waals surface area contributed by atoms with Crippen LogP contribution in [-0.4, -0.2) is 59.9 Å². The number of hydrogen-bond acceptors (Lipinski definition) is 4. The minimum Gasteiger partial charge on any atom is -0.372 e. The summed E-state index contributed by atoms with van der Waals surface area (Å²) in [7, 11) is 1.71. The summed E-state index contributed by atoms with van der Waals surface area (Å²) >= 11 is 0. The van der Waals surface area contributed by atoms with E-state index in [4.69, 9.17) is 0 Å². The van der Waals surface area contributed by atoms with Gasteiger partial charge in [-0.05, 0) is 62.6 Å². The van der Waals surface area contributed by atoms with Crippen molar-refractivity contribution in [2.75, 3.05) is 31.6 Å². The molecule has 2 aliphatic heterocycles. The van der Waals surface area contributed by atoms with Crippen LogP contribution in [0.1, 0.15) is 44.6 Å². The zero-order valence-electron chi connectivity index (χ0n) is 17.3. The Bertz CT molecular complexity index is 799. The first-order valence-corrected chi connectivity index (χ1v) is 10.6. The third-order valence-electron chi connectivity index (χ3n) is 6.49. The van der Waals surface area contributed by atoms with Crippen LogP contribution in [0.3, 0.4) is 0 Å². The van der Waals surface area contributed by atoms with Crippen molar-refractivity contribution < 1.29 is 14.4 Å². The van der Waals surface area contributed by atoms with Gasteiger partial charge in [-0.25, -0.2) is 4.79 Å². The number of amides is 4. The van der Waals surface area contributed by atoms with Crippen LogP contribution in [0.2, 0.25) is 0 Å². The lowest BCUT2D eigenvalue weighted by Gasteiger charge is -2.29. The Labute approximate surface area is 172 Å². The number of benzene rings is 1. The van der Waals surface area contributed by atoms with Gasteiger partial charge in [-0.15, -0.1) is 0 Å². The van der Waals surface area contributed by atoms with Crippen molar-refractivity contribution in [3.05, 3.63) is 29.8 Å². The van der Waals surface area contributed by atoms with Gasteiger partial charge in [0.25, 0.3) is 5.91 Å². The maximum absolute atomic E-state index is 12.7. The standard InChI is InChI=1S/C22H30N4O3/c1-22(17-8-9-17)20(28)26(21(29)23-22)15-19(27)24(2)14-16-6-10-18(11-7-16)25-12-4-3-5-13-25/h6-7,10-11,17H,3-5,8-9,12-15H2,1-2H3,(H,23,29)/t22-/m0/s1. The van der Waals surface area contributed by atoms with Crippen molar-refractivity contribution in [2.24, 2.45) is 5.92 Å². The number of hydrogen-bond donors (Lipinski definition) is 1. The number of imide groups is 1. The second-order valence-corrected chi connectivity index (χ2v) is 8.76. The van der Waals surface area contributed by atoms with Gasteiger partial charge in [-0.3, -0.25) is 14.5 Å². The first-order valence-electron chi connectivity index (χ1n) is 10.6. The number of nitrogens with one attached hydrogen (secondary N) is 1. The summed E-state index contributed by atoms with van der Waals surface area (Å²) in [6.45, 7) is 4.20. The van der Waals surface area contributed by atoms with Gasteiger partial charge in [-0.2, -0.15) is 0 Å². The van der Waals surface area contributed by atoms with E-state index >= 15 is 0 Å². The Kier molecular flexibility index (Phi) is 5.23. The lowest BCUT2D eigenvalue weighted by molar-refractivity contribution is -0.138. The van der Waals surface area contributed by atoms with Gasteiger partial charge in [0.15, 0.2) is 0 Å². The van der Waals surface area contributed by atoms with Gasteiger partial charge >= 0.3 is 6.03 Å². The minimum atomic E-state index is -0.847. The van der Waals surface area contributed by atoms with Gasteiger partial charge in [0.1, 0.15) is 12.1 Å². The van der Waals surface area contributed by atoms with E-state index in [0.29, 0.717) is 6.54 Å². The molecule has 0 aromatic heterocycles. The van der Waals surface area contributed by atoms with Crippen molar-refractivity contribution in [1.82, 2.24) is 15.1 Å². The van der Waals surface area contributed by atoms with Crippen LogP contribution in [-0.2, 0) is 16.1 Å². The van der Waals surface area contributed by atoms with E-state index in [-0.39, 0.29) is 24.3 Å². The summed E-state index contributed by atoms with van der Waals surface area (Å²) in [5.74, 6) is -0.332. The van der Waals surface area contributed by atoms with Gasteiger partial charge < -0.3 is 15.1 Å². The molecular formula is C22H30N4O3. The highest BCUT2D eigenvalue weighted by atomic mass is 16.2. The van der Waals surface area contributed by atoms with Crippen molar-refractivity contribution in [3.63, 3.8) is 0 Å². The number of rotatable bonds is 6.